The molecule has 1 aromatic rings. The van der Waals surface area contributed by atoms with Crippen molar-refractivity contribution in [3.05, 3.63) is 23.7 Å². The predicted octanol–water partition coefficient (Wildman–Crippen LogP) is 1.50. The van der Waals surface area contributed by atoms with Crippen LogP contribution in [0, 0.1) is 0 Å². The van der Waals surface area contributed by atoms with Gasteiger partial charge in [0.05, 0.1) is 12.1 Å². The molecule has 2 atom stereocenters. The summed E-state index contributed by atoms with van der Waals surface area (Å²) in [4.78, 5) is 15.4. The van der Waals surface area contributed by atoms with Gasteiger partial charge in [-0.3, -0.25) is 9.80 Å². The molecule has 1 saturated heterocycles. The highest BCUT2D eigenvalue weighted by atomic mass is 16.4. The Morgan fingerprint density at radius 2 is 2.06 bits per heavy atom. The third kappa shape index (κ3) is 2.73. The van der Waals surface area contributed by atoms with Gasteiger partial charge >= 0.3 is 5.97 Å². The van der Waals surface area contributed by atoms with Gasteiger partial charge in [-0.2, -0.15) is 0 Å². The maximum atomic E-state index is 10.8. The summed E-state index contributed by atoms with van der Waals surface area (Å²) in [5.74, 6) is -0.221. The number of carboxylic acids is 1. The molecule has 0 spiro atoms. The lowest BCUT2D eigenvalue weighted by Crippen LogP contribution is -2.54. The monoisotopic (exact) mass is 252 g/mol. The van der Waals surface area contributed by atoms with Gasteiger partial charge < -0.3 is 9.52 Å². The minimum atomic E-state index is -0.940. The first kappa shape index (κ1) is 13.1. The smallest absolute Gasteiger partial charge is 0.338 e. The van der Waals surface area contributed by atoms with Crippen LogP contribution in [0.5, 0.6) is 0 Å². The normalized spacial score (nSPS) is 26.4. The minimum Gasteiger partial charge on any atom is -0.478 e. The number of likely N-dealkylation sites (N-methyl/N-ethyl adjacent to an activating group) is 1. The van der Waals surface area contributed by atoms with Crippen LogP contribution in [0.2, 0.25) is 0 Å². The van der Waals surface area contributed by atoms with E-state index < -0.39 is 5.97 Å². The maximum absolute atomic E-state index is 10.8. The standard InChI is InChI=1S/C13H20N2O3/c1-9-5-15(6-10(2)14(9)3)7-12-4-11(8-18-12)13(16)17/h4,8-10H,5-7H2,1-3H3,(H,16,17). The third-order valence-corrected chi connectivity index (χ3v) is 3.72. The van der Waals surface area contributed by atoms with Crippen LogP contribution in [0.25, 0.3) is 0 Å². The summed E-state index contributed by atoms with van der Waals surface area (Å²) in [6, 6.07) is 2.61. The zero-order valence-electron chi connectivity index (χ0n) is 11.1. The van der Waals surface area contributed by atoms with Crippen molar-refractivity contribution in [3.63, 3.8) is 0 Å². The van der Waals surface area contributed by atoms with Crippen molar-refractivity contribution in [3.8, 4) is 0 Å². The van der Waals surface area contributed by atoms with E-state index in [9.17, 15) is 4.79 Å². The molecule has 2 heterocycles. The first-order valence-electron chi connectivity index (χ1n) is 6.22. The number of rotatable bonds is 3. The van der Waals surface area contributed by atoms with E-state index in [1.807, 2.05) is 0 Å². The van der Waals surface area contributed by atoms with Gasteiger partial charge in [-0.1, -0.05) is 0 Å². The second-order valence-corrected chi connectivity index (χ2v) is 5.16. The Morgan fingerprint density at radius 3 is 2.56 bits per heavy atom. The molecule has 0 amide bonds. The van der Waals surface area contributed by atoms with Gasteiger partial charge in [-0.15, -0.1) is 0 Å². The van der Waals surface area contributed by atoms with Gasteiger partial charge in [-0.05, 0) is 27.0 Å². The van der Waals surface area contributed by atoms with Crippen molar-refractivity contribution in [1.82, 2.24) is 9.80 Å². The summed E-state index contributed by atoms with van der Waals surface area (Å²) >= 11 is 0. The molecule has 1 fully saturated rings. The van der Waals surface area contributed by atoms with E-state index in [2.05, 4.69) is 30.7 Å². The number of carbonyl (C=O) groups is 1. The Kier molecular flexibility index (Phi) is 3.73. The van der Waals surface area contributed by atoms with Gasteiger partial charge in [0.15, 0.2) is 0 Å². The Balaban J connectivity index is 1.99. The second-order valence-electron chi connectivity index (χ2n) is 5.16. The van der Waals surface area contributed by atoms with Crippen molar-refractivity contribution in [1.29, 1.82) is 0 Å². The number of hydrogen-bond acceptors (Lipinski definition) is 4. The van der Waals surface area contributed by atoms with Gasteiger partial charge in [0, 0.05) is 25.2 Å². The fourth-order valence-electron chi connectivity index (χ4n) is 2.44. The van der Waals surface area contributed by atoms with Crippen LogP contribution in [0.15, 0.2) is 16.7 Å². The highest BCUT2D eigenvalue weighted by molar-refractivity contribution is 5.87. The number of furan rings is 1. The molecule has 5 heteroatoms. The first-order chi connectivity index (χ1) is 8.47. The van der Waals surface area contributed by atoms with E-state index in [0.717, 1.165) is 18.8 Å². The largest absolute Gasteiger partial charge is 0.478 e. The van der Waals surface area contributed by atoms with Crippen LogP contribution in [-0.2, 0) is 6.54 Å². The fraction of sp³-hybridized carbons (Fsp3) is 0.615. The lowest BCUT2D eigenvalue weighted by atomic mass is 10.1. The highest BCUT2D eigenvalue weighted by Crippen LogP contribution is 2.17. The van der Waals surface area contributed by atoms with Gasteiger partial charge in [-0.25, -0.2) is 4.79 Å². The van der Waals surface area contributed by atoms with Crippen molar-refractivity contribution in [2.45, 2.75) is 32.5 Å². The van der Waals surface area contributed by atoms with Crippen LogP contribution in [0.1, 0.15) is 30.0 Å². The molecule has 1 N–H and O–H groups in total. The molecule has 100 valence electrons. The van der Waals surface area contributed by atoms with Crippen LogP contribution < -0.4 is 0 Å². The summed E-state index contributed by atoms with van der Waals surface area (Å²) in [5, 5.41) is 8.84. The topological polar surface area (TPSA) is 56.9 Å². The number of nitrogens with zero attached hydrogens (tertiary/aromatic N) is 2. The second kappa shape index (κ2) is 5.12. The number of hydrogen-bond donors (Lipinski definition) is 1. The van der Waals surface area contributed by atoms with Crippen LogP contribution in [0.3, 0.4) is 0 Å². The van der Waals surface area contributed by atoms with E-state index in [4.69, 9.17) is 9.52 Å². The van der Waals surface area contributed by atoms with Crippen molar-refractivity contribution in [2.24, 2.45) is 0 Å². The summed E-state index contributed by atoms with van der Waals surface area (Å²) in [6.45, 7) is 7.03. The zero-order chi connectivity index (χ0) is 13.3. The molecule has 18 heavy (non-hydrogen) atoms. The van der Waals surface area contributed by atoms with Crippen LogP contribution in [0.4, 0.5) is 0 Å². The number of aromatic carboxylic acids is 1. The average Bonchev–Trinajstić information content (AvgIpc) is 2.74. The Bertz CT molecular complexity index is 418. The first-order valence-corrected chi connectivity index (χ1v) is 6.22. The van der Waals surface area contributed by atoms with E-state index in [1.54, 1.807) is 6.07 Å². The summed E-state index contributed by atoms with van der Waals surface area (Å²) in [5.41, 5.74) is 0.222. The minimum absolute atomic E-state index is 0.222. The Morgan fingerprint density at radius 1 is 1.44 bits per heavy atom. The Labute approximate surface area is 107 Å². The van der Waals surface area contributed by atoms with Gasteiger partial charge in [0.1, 0.15) is 12.0 Å². The average molecular weight is 252 g/mol. The van der Waals surface area contributed by atoms with E-state index in [1.165, 1.54) is 6.26 Å². The molecule has 2 rings (SSSR count). The SMILES string of the molecule is CC1CN(Cc2cc(C(=O)O)co2)CC(C)N1C. The molecule has 0 saturated carbocycles. The summed E-state index contributed by atoms with van der Waals surface area (Å²) in [6.07, 6.45) is 1.31. The molecule has 1 aliphatic rings. The lowest BCUT2D eigenvalue weighted by molar-refractivity contribution is 0.0518. The molecular formula is C13H20N2O3. The zero-order valence-corrected chi connectivity index (χ0v) is 11.1. The summed E-state index contributed by atoms with van der Waals surface area (Å²) < 4.78 is 5.29. The molecule has 5 nitrogen and oxygen atoms in total. The maximum Gasteiger partial charge on any atom is 0.338 e. The lowest BCUT2D eigenvalue weighted by Gasteiger charge is -2.42. The van der Waals surface area contributed by atoms with E-state index in [0.29, 0.717) is 18.6 Å². The molecule has 0 aromatic carbocycles. The molecule has 2 unspecified atom stereocenters. The third-order valence-electron chi connectivity index (χ3n) is 3.72. The quantitative estimate of drug-likeness (QED) is 0.883. The molecular weight excluding hydrogens is 232 g/mol. The predicted molar refractivity (Wildman–Crippen MR) is 67.6 cm³/mol. The molecule has 0 bridgehead atoms. The molecule has 0 aliphatic carbocycles. The van der Waals surface area contributed by atoms with Crippen molar-refractivity contribution >= 4 is 5.97 Å². The van der Waals surface area contributed by atoms with Crippen molar-refractivity contribution < 1.29 is 14.3 Å². The molecule has 1 aliphatic heterocycles. The van der Waals surface area contributed by atoms with E-state index >= 15 is 0 Å². The fourth-order valence-corrected chi connectivity index (χ4v) is 2.44. The van der Waals surface area contributed by atoms with Crippen LogP contribution in [-0.4, -0.2) is 53.1 Å². The van der Waals surface area contributed by atoms with Crippen molar-refractivity contribution in [2.75, 3.05) is 20.1 Å². The van der Waals surface area contributed by atoms with Crippen LogP contribution >= 0.6 is 0 Å². The summed E-state index contributed by atoms with van der Waals surface area (Å²) in [7, 11) is 2.14. The van der Waals surface area contributed by atoms with Gasteiger partial charge in [0.25, 0.3) is 0 Å². The Hall–Kier alpha value is -1.33. The molecule has 1 aromatic heterocycles. The number of carboxylic acid groups (broad SMARTS) is 1. The van der Waals surface area contributed by atoms with E-state index in [-0.39, 0.29) is 5.56 Å². The highest BCUT2D eigenvalue weighted by Gasteiger charge is 2.26. The van der Waals surface area contributed by atoms with Gasteiger partial charge in [0.2, 0.25) is 0 Å². The number of piperazine rings is 1. The molecule has 0 radical (unpaired) electrons.